The zero-order valence-corrected chi connectivity index (χ0v) is 8.54. The zero-order valence-electron chi connectivity index (χ0n) is 8.54. The Bertz CT molecular complexity index is 437. The van der Waals surface area contributed by atoms with E-state index in [0.717, 1.165) is 5.52 Å². The lowest BCUT2D eigenvalue weighted by Crippen LogP contribution is -2.21. The minimum absolute atomic E-state index is 0.647. The third-order valence-electron chi connectivity index (χ3n) is 2.31. The van der Waals surface area contributed by atoms with Gasteiger partial charge in [0.1, 0.15) is 0 Å². The molecule has 2 aromatic rings. The molecule has 2 rings (SSSR count). The lowest BCUT2D eigenvalue weighted by atomic mass is 9.96. The lowest BCUT2D eigenvalue weighted by molar-refractivity contribution is 0.0813. The molecule has 0 atom stereocenters. The number of aromatic amines is 1. The summed E-state index contributed by atoms with van der Waals surface area (Å²) in [4.78, 5) is 3.16. The van der Waals surface area contributed by atoms with Crippen LogP contribution in [0, 0.1) is 0 Å². The third-order valence-corrected chi connectivity index (χ3v) is 2.31. The van der Waals surface area contributed by atoms with Gasteiger partial charge in [0, 0.05) is 23.5 Å². The Labute approximate surface area is 83.6 Å². The summed E-state index contributed by atoms with van der Waals surface area (Å²) in [6, 6.07) is 8.17. The molecule has 0 saturated heterocycles. The Hall–Kier alpha value is -1.28. The molecule has 1 aromatic carbocycles. The van der Waals surface area contributed by atoms with Crippen molar-refractivity contribution in [3.63, 3.8) is 0 Å². The van der Waals surface area contributed by atoms with Crippen LogP contribution in [0.2, 0.25) is 0 Å². The normalized spacial score (nSPS) is 12.2. The van der Waals surface area contributed by atoms with Gasteiger partial charge in [0.15, 0.2) is 0 Å². The maximum absolute atomic E-state index is 9.76. The van der Waals surface area contributed by atoms with E-state index in [1.807, 2.05) is 32.2 Å². The van der Waals surface area contributed by atoms with Gasteiger partial charge < -0.3 is 10.1 Å². The van der Waals surface area contributed by atoms with Gasteiger partial charge in [-0.05, 0) is 31.5 Å². The number of benzene rings is 1. The summed E-state index contributed by atoms with van der Waals surface area (Å²) in [6.07, 6.45) is 2.61. The molecule has 14 heavy (non-hydrogen) atoms. The van der Waals surface area contributed by atoms with Gasteiger partial charge in [-0.2, -0.15) is 0 Å². The monoisotopic (exact) mass is 189 g/mol. The van der Waals surface area contributed by atoms with Crippen LogP contribution in [-0.2, 0) is 6.42 Å². The summed E-state index contributed by atoms with van der Waals surface area (Å²) in [5, 5.41) is 11.0. The molecule has 1 aromatic heterocycles. The van der Waals surface area contributed by atoms with Crippen LogP contribution in [0.1, 0.15) is 19.4 Å². The number of nitrogens with one attached hydrogen (secondary N) is 1. The Morgan fingerprint density at radius 2 is 2.07 bits per heavy atom. The van der Waals surface area contributed by atoms with Crippen LogP contribution >= 0.6 is 0 Å². The van der Waals surface area contributed by atoms with Gasteiger partial charge in [0.25, 0.3) is 0 Å². The molecule has 2 nitrogen and oxygen atoms in total. The second-order valence-electron chi connectivity index (χ2n) is 4.35. The molecular weight excluding hydrogens is 174 g/mol. The second-order valence-corrected chi connectivity index (χ2v) is 4.35. The van der Waals surface area contributed by atoms with E-state index < -0.39 is 5.60 Å². The van der Waals surface area contributed by atoms with Crippen LogP contribution in [0.25, 0.3) is 10.9 Å². The van der Waals surface area contributed by atoms with E-state index in [4.69, 9.17) is 0 Å². The van der Waals surface area contributed by atoms with E-state index in [9.17, 15) is 5.11 Å². The average Bonchev–Trinajstić information content (AvgIpc) is 2.49. The number of aromatic nitrogens is 1. The molecule has 0 amide bonds. The first-order valence-electron chi connectivity index (χ1n) is 4.84. The van der Waals surface area contributed by atoms with Gasteiger partial charge in [-0.15, -0.1) is 0 Å². The van der Waals surface area contributed by atoms with E-state index in [0.29, 0.717) is 6.42 Å². The molecular formula is C12H15NO. The van der Waals surface area contributed by atoms with Crippen molar-refractivity contribution in [1.82, 2.24) is 4.98 Å². The molecule has 0 aliphatic carbocycles. The van der Waals surface area contributed by atoms with Crippen molar-refractivity contribution in [3.8, 4) is 0 Å². The van der Waals surface area contributed by atoms with Crippen LogP contribution in [0.5, 0.6) is 0 Å². The van der Waals surface area contributed by atoms with E-state index in [-0.39, 0.29) is 0 Å². The SMILES string of the molecule is CC(C)(O)Cc1cccc2[nH]ccc12. The first-order chi connectivity index (χ1) is 6.56. The molecule has 0 spiro atoms. The number of hydrogen-bond acceptors (Lipinski definition) is 1. The number of rotatable bonds is 2. The van der Waals surface area contributed by atoms with Gasteiger partial charge in [-0.25, -0.2) is 0 Å². The van der Waals surface area contributed by atoms with Crippen LogP contribution in [0.15, 0.2) is 30.5 Å². The van der Waals surface area contributed by atoms with Crippen molar-refractivity contribution < 1.29 is 5.11 Å². The molecule has 0 aliphatic heterocycles. The molecule has 0 aliphatic rings. The molecule has 2 heteroatoms. The van der Waals surface area contributed by atoms with Crippen molar-refractivity contribution in [2.24, 2.45) is 0 Å². The fraction of sp³-hybridized carbons (Fsp3) is 0.333. The second kappa shape index (κ2) is 3.14. The quantitative estimate of drug-likeness (QED) is 0.748. The zero-order chi connectivity index (χ0) is 10.2. The third kappa shape index (κ3) is 1.80. The van der Waals surface area contributed by atoms with E-state index in [2.05, 4.69) is 17.1 Å². The summed E-state index contributed by atoms with van der Waals surface area (Å²) in [5.41, 5.74) is 1.67. The van der Waals surface area contributed by atoms with Crippen LogP contribution in [0.3, 0.4) is 0 Å². The number of hydrogen-bond donors (Lipinski definition) is 2. The van der Waals surface area contributed by atoms with Gasteiger partial charge in [-0.1, -0.05) is 12.1 Å². The van der Waals surface area contributed by atoms with E-state index in [1.54, 1.807) is 0 Å². The van der Waals surface area contributed by atoms with Crippen LogP contribution in [0.4, 0.5) is 0 Å². The number of fused-ring (bicyclic) bond motifs is 1. The van der Waals surface area contributed by atoms with Crippen LogP contribution in [-0.4, -0.2) is 15.7 Å². The number of aliphatic hydroxyl groups is 1. The lowest BCUT2D eigenvalue weighted by Gasteiger charge is -2.17. The smallest absolute Gasteiger partial charge is 0.0632 e. The maximum atomic E-state index is 9.76. The Balaban J connectivity index is 2.46. The first kappa shape index (κ1) is 9.28. The molecule has 0 unspecified atom stereocenters. The minimum Gasteiger partial charge on any atom is -0.390 e. The predicted octanol–water partition coefficient (Wildman–Crippen LogP) is 2.48. The predicted molar refractivity (Wildman–Crippen MR) is 58.3 cm³/mol. The minimum atomic E-state index is -0.647. The summed E-state index contributed by atoms with van der Waals surface area (Å²) in [5.74, 6) is 0. The van der Waals surface area contributed by atoms with Crippen molar-refractivity contribution in [3.05, 3.63) is 36.0 Å². The summed E-state index contributed by atoms with van der Waals surface area (Å²) in [6.45, 7) is 3.66. The molecule has 0 radical (unpaired) electrons. The fourth-order valence-electron chi connectivity index (χ4n) is 1.77. The van der Waals surface area contributed by atoms with Gasteiger partial charge in [-0.3, -0.25) is 0 Å². The largest absolute Gasteiger partial charge is 0.390 e. The first-order valence-corrected chi connectivity index (χ1v) is 4.84. The fourth-order valence-corrected chi connectivity index (χ4v) is 1.77. The number of H-pyrrole nitrogens is 1. The topological polar surface area (TPSA) is 36.0 Å². The summed E-state index contributed by atoms with van der Waals surface area (Å²) < 4.78 is 0. The molecule has 0 bridgehead atoms. The Kier molecular flexibility index (Phi) is 2.08. The van der Waals surface area contributed by atoms with Gasteiger partial charge in [0.05, 0.1) is 5.60 Å². The highest BCUT2D eigenvalue weighted by molar-refractivity contribution is 5.82. The Morgan fingerprint density at radius 3 is 2.79 bits per heavy atom. The molecule has 74 valence electrons. The van der Waals surface area contributed by atoms with E-state index >= 15 is 0 Å². The summed E-state index contributed by atoms with van der Waals surface area (Å²) in [7, 11) is 0. The Morgan fingerprint density at radius 1 is 1.29 bits per heavy atom. The van der Waals surface area contributed by atoms with Crippen molar-refractivity contribution >= 4 is 10.9 Å². The van der Waals surface area contributed by atoms with Gasteiger partial charge >= 0.3 is 0 Å². The molecule has 1 heterocycles. The highest BCUT2D eigenvalue weighted by Crippen LogP contribution is 2.21. The maximum Gasteiger partial charge on any atom is 0.0632 e. The van der Waals surface area contributed by atoms with E-state index in [1.165, 1.54) is 10.9 Å². The standard InChI is InChI=1S/C12H15NO/c1-12(2,14)8-9-4-3-5-11-10(9)6-7-13-11/h3-7,13-14H,8H2,1-2H3. The highest BCUT2D eigenvalue weighted by atomic mass is 16.3. The highest BCUT2D eigenvalue weighted by Gasteiger charge is 2.14. The summed E-state index contributed by atoms with van der Waals surface area (Å²) >= 11 is 0. The van der Waals surface area contributed by atoms with Crippen molar-refractivity contribution in [2.75, 3.05) is 0 Å². The van der Waals surface area contributed by atoms with Gasteiger partial charge in [0.2, 0.25) is 0 Å². The molecule has 0 saturated carbocycles. The molecule has 0 fully saturated rings. The van der Waals surface area contributed by atoms with Crippen LogP contribution < -0.4 is 0 Å². The molecule has 2 N–H and O–H groups in total. The average molecular weight is 189 g/mol. The van der Waals surface area contributed by atoms with Crippen molar-refractivity contribution in [1.29, 1.82) is 0 Å². The van der Waals surface area contributed by atoms with Crippen molar-refractivity contribution in [2.45, 2.75) is 25.9 Å².